The Labute approximate surface area is 136 Å². The first kappa shape index (κ1) is 15.0. The molecule has 0 aliphatic rings. The van der Waals surface area contributed by atoms with Gasteiger partial charge in [-0.3, -0.25) is 0 Å². The molecule has 5 heteroatoms. The van der Waals surface area contributed by atoms with Gasteiger partial charge in [0, 0.05) is 24.9 Å². The highest BCUT2D eigenvalue weighted by atomic mass is 35.5. The first-order chi connectivity index (χ1) is 10.2. The number of nitrogens with one attached hydrogen (secondary N) is 1. The van der Waals surface area contributed by atoms with Gasteiger partial charge in [0.15, 0.2) is 0 Å². The summed E-state index contributed by atoms with van der Waals surface area (Å²) in [5, 5.41) is 5.96. The van der Waals surface area contributed by atoms with E-state index in [1.165, 1.54) is 15.5 Å². The van der Waals surface area contributed by atoms with E-state index in [1.807, 2.05) is 0 Å². The van der Waals surface area contributed by atoms with E-state index in [-0.39, 0.29) is 11.9 Å². The van der Waals surface area contributed by atoms with Crippen LogP contribution in [0.5, 0.6) is 0 Å². The second-order valence-corrected chi connectivity index (χ2v) is 7.35. The zero-order valence-electron chi connectivity index (χ0n) is 11.5. The van der Waals surface area contributed by atoms with Gasteiger partial charge in [0.1, 0.15) is 5.82 Å². The summed E-state index contributed by atoms with van der Waals surface area (Å²) in [5.74, 6) is -0.257. The third-order valence-corrected chi connectivity index (χ3v) is 5.71. The molecule has 0 spiro atoms. The Balaban J connectivity index is 2.02. The molecular formula is C16H15ClFNS2. The van der Waals surface area contributed by atoms with Gasteiger partial charge < -0.3 is 5.32 Å². The number of hydrogen-bond donors (Lipinski definition) is 1. The molecule has 1 N–H and O–H groups in total. The van der Waals surface area contributed by atoms with Crippen LogP contribution in [0.25, 0.3) is 9.40 Å². The Morgan fingerprint density at radius 1 is 1.24 bits per heavy atom. The normalized spacial score (nSPS) is 12.9. The molecule has 0 saturated heterocycles. The Morgan fingerprint density at radius 2 is 2.10 bits per heavy atom. The highest BCUT2D eigenvalue weighted by Gasteiger charge is 2.20. The largest absolute Gasteiger partial charge is 0.306 e. The molecule has 0 radical (unpaired) electrons. The average molecular weight is 340 g/mol. The van der Waals surface area contributed by atoms with Crippen molar-refractivity contribution in [3.05, 3.63) is 57.0 Å². The summed E-state index contributed by atoms with van der Waals surface area (Å²) in [6.07, 6.45) is 1.01. The lowest BCUT2D eigenvalue weighted by Crippen LogP contribution is -2.23. The molecule has 0 saturated carbocycles. The maximum atomic E-state index is 14.3. The van der Waals surface area contributed by atoms with E-state index in [2.05, 4.69) is 29.8 Å². The third-order valence-electron chi connectivity index (χ3n) is 3.31. The number of fused-ring (bicyclic) bond motifs is 1. The van der Waals surface area contributed by atoms with Crippen molar-refractivity contribution in [3.8, 4) is 0 Å². The van der Waals surface area contributed by atoms with Crippen molar-refractivity contribution in [2.24, 2.45) is 0 Å². The summed E-state index contributed by atoms with van der Waals surface area (Å²) >= 11 is 9.30. The summed E-state index contributed by atoms with van der Waals surface area (Å²) in [5.41, 5.74) is 0.654. The number of thiophene rings is 2. The quantitative estimate of drug-likeness (QED) is 0.615. The maximum Gasteiger partial charge on any atom is 0.129 e. The molecule has 1 atom stereocenters. The van der Waals surface area contributed by atoms with Crippen LogP contribution in [-0.2, 0) is 0 Å². The van der Waals surface area contributed by atoms with Crippen molar-refractivity contribution in [1.82, 2.24) is 5.32 Å². The molecule has 0 aliphatic carbocycles. The molecule has 1 aromatic carbocycles. The maximum absolute atomic E-state index is 14.3. The van der Waals surface area contributed by atoms with Gasteiger partial charge >= 0.3 is 0 Å². The third kappa shape index (κ3) is 3.14. The van der Waals surface area contributed by atoms with Crippen LogP contribution in [0.3, 0.4) is 0 Å². The molecule has 0 bridgehead atoms. The van der Waals surface area contributed by atoms with Crippen molar-refractivity contribution < 1.29 is 4.39 Å². The van der Waals surface area contributed by atoms with E-state index in [0.717, 1.165) is 17.8 Å². The van der Waals surface area contributed by atoms with Crippen molar-refractivity contribution in [3.63, 3.8) is 0 Å². The molecule has 0 amide bonds. The van der Waals surface area contributed by atoms with E-state index in [0.29, 0.717) is 10.6 Å². The summed E-state index contributed by atoms with van der Waals surface area (Å²) in [6, 6.07) is 9.06. The van der Waals surface area contributed by atoms with Crippen LogP contribution >= 0.6 is 34.3 Å². The molecular weight excluding hydrogens is 325 g/mol. The van der Waals surface area contributed by atoms with Crippen LogP contribution in [-0.4, -0.2) is 6.54 Å². The minimum absolute atomic E-state index is 0.119. The van der Waals surface area contributed by atoms with Crippen LogP contribution < -0.4 is 5.32 Å². The number of hydrogen-bond acceptors (Lipinski definition) is 3. The molecule has 0 aliphatic heterocycles. The van der Waals surface area contributed by atoms with E-state index in [1.54, 1.807) is 34.8 Å². The van der Waals surface area contributed by atoms with Gasteiger partial charge in [-0.2, -0.15) is 0 Å². The zero-order chi connectivity index (χ0) is 14.8. The SMILES string of the molecule is CCCNC(c1cc2sccc2s1)c1ccc(Cl)cc1F. The fraction of sp³-hybridized carbons (Fsp3) is 0.250. The second-order valence-electron chi connectivity index (χ2n) is 4.85. The topological polar surface area (TPSA) is 12.0 Å². The predicted octanol–water partition coefficient (Wildman–Crippen LogP) is 5.84. The second kappa shape index (κ2) is 6.44. The molecule has 2 heterocycles. The van der Waals surface area contributed by atoms with Crippen molar-refractivity contribution in [1.29, 1.82) is 0 Å². The monoisotopic (exact) mass is 339 g/mol. The molecule has 2 aromatic heterocycles. The smallest absolute Gasteiger partial charge is 0.129 e. The van der Waals surface area contributed by atoms with Crippen molar-refractivity contribution >= 4 is 43.7 Å². The Morgan fingerprint density at radius 3 is 2.81 bits per heavy atom. The van der Waals surface area contributed by atoms with Crippen LogP contribution in [0.2, 0.25) is 5.02 Å². The average Bonchev–Trinajstić information content (AvgIpc) is 3.02. The van der Waals surface area contributed by atoms with Gasteiger partial charge in [0.05, 0.1) is 6.04 Å². The number of rotatable bonds is 5. The lowest BCUT2D eigenvalue weighted by atomic mass is 10.0. The summed E-state index contributed by atoms with van der Waals surface area (Å²) < 4.78 is 16.8. The first-order valence-corrected chi connectivity index (χ1v) is 8.91. The Kier molecular flexibility index (Phi) is 4.60. The summed E-state index contributed by atoms with van der Waals surface area (Å²) in [7, 11) is 0. The van der Waals surface area contributed by atoms with Crippen LogP contribution in [0.15, 0.2) is 35.7 Å². The van der Waals surface area contributed by atoms with Crippen molar-refractivity contribution in [2.45, 2.75) is 19.4 Å². The van der Waals surface area contributed by atoms with Gasteiger partial charge in [0.25, 0.3) is 0 Å². The predicted molar refractivity (Wildman–Crippen MR) is 91.2 cm³/mol. The summed E-state index contributed by atoms with van der Waals surface area (Å²) in [6.45, 7) is 2.95. The van der Waals surface area contributed by atoms with Gasteiger partial charge in [-0.15, -0.1) is 22.7 Å². The summed E-state index contributed by atoms with van der Waals surface area (Å²) in [4.78, 5) is 1.14. The molecule has 0 fully saturated rings. The lowest BCUT2D eigenvalue weighted by Gasteiger charge is -2.18. The van der Waals surface area contributed by atoms with Crippen molar-refractivity contribution in [2.75, 3.05) is 6.54 Å². The van der Waals surface area contributed by atoms with E-state index < -0.39 is 0 Å². The molecule has 1 nitrogen and oxygen atoms in total. The van der Waals surface area contributed by atoms with Crippen LogP contribution in [0, 0.1) is 5.82 Å². The number of benzene rings is 1. The fourth-order valence-electron chi connectivity index (χ4n) is 2.31. The Hall–Kier alpha value is -0.940. The van der Waals surface area contributed by atoms with E-state index in [4.69, 9.17) is 11.6 Å². The van der Waals surface area contributed by atoms with Gasteiger partial charge in [-0.25, -0.2) is 4.39 Å². The van der Waals surface area contributed by atoms with E-state index >= 15 is 0 Å². The first-order valence-electron chi connectivity index (χ1n) is 6.84. The fourth-order valence-corrected chi connectivity index (χ4v) is 4.69. The highest BCUT2D eigenvalue weighted by Crippen LogP contribution is 2.36. The van der Waals surface area contributed by atoms with Gasteiger partial charge in [-0.05, 0) is 42.6 Å². The minimum atomic E-state index is -0.257. The van der Waals surface area contributed by atoms with Gasteiger partial charge in [0.2, 0.25) is 0 Å². The Bertz CT molecular complexity index is 721. The lowest BCUT2D eigenvalue weighted by molar-refractivity contribution is 0.551. The van der Waals surface area contributed by atoms with Crippen LogP contribution in [0.1, 0.15) is 29.8 Å². The minimum Gasteiger partial charge on any atom is -0.306 e. The van der Waals surface area contributed by atoms with Crippen LogP contribution in [0.4, 0.5) is 4.39 Å². The molecule has 1 unspecified atom stereocenters. The molecule has 21 heavy (non-hydrogen) atoms. The standard InChI is InChI=1S/C16H15ClFNS2/c1-2-6-19-16(11-4-3-10(17)8-12(11)18)15-9-14-13(21-15)5-7-20-14/h3-5,7-9,16,19H,2,6H2,1H3. The number of halogens is 2. The van der Waals surface area contributed by atoms with Gasteiger partial charge in [-0.1, -0.05) is 24.6 Å². The van der Waals surface area contributed by atoms with E-state index in [9.17, 15) is 4.39 Å². The zero-order valence-corrected chi connectivity index (χ0v) is 13.9. The molecule has 3 aromatic rings. The molecule has 3 rings (SSSR count). The highest BCUT2D eigenvalue weighted by molar-refractivity contribution is 7.27. The molecule has 110 valence electrons.